The Morgan fingerprint density at radius 3 is 1.78 bits per heavy atom. The van der Waals surface area contributed by atoms with Crippen molar-refractivity contribution in [3.05, 3.63) is 95.3 Å². The van der Waals surface area contributed by atoms with Gasteiger partial charge in [-0.2, -0.15) is 0 Å². The summed E-state index contributed by atoms with van der Waals surface area (Å²) in [6.07, 6.45) is 16.8. The van der Waals surface area contributed by atoms with Crippen LogP contribution in [0.3, 0.4) is 0 Å². The Hall–Kier alpha value is -4.91. The molecular formula is C32H40N10O3. The van der Waals surface area contributed by atoms with E-state index in [9.17, 15) is 4.79 Å². The lowest BCUT2D eigenvalue weighted by Crippen LogP contribution is -2.05. The molecule has 2 saturated carbocycles. The van der Waals surface area contributed by atoms with Gasteiger partial charge in [-0.15, -0.1) is 10.2 Å². The molecule has 0 radical (unpaired) electrons. The summed E-state index contributed by atoms with van der Waals surface area (Å²) in [4.78, 5) is 20.8. The van der Waals surface area contributed by atoms with Gasteiger partial charge < -0.3 is 18.6 Å². The minimum Gasteiger partial charge on any atom is -0.461 e. The minimum absolute atomic E-state index is 0. The second-order valence-electron chi connectivity index (χ2n) is 11.1. The van der Waals surface area contributed by atoms with Gasteiger partial charge in [0.2, 0.25) is 0 Å². The third-order valence-electron chi connectivity index (χ3n) is 7.56. The lowest BCUT2D eigenvalue weighted by Gasteiger charge is -1.98. The molecule has 13 heteroatoms. The molecule has 1 N–H and O–H groups in total. The molecule has 6 heterocycles. The van der Waals surface area contributed by atoms with Gasteiger partial charge in [-0.1, -0.05) is 37.4 Å². The fourth-order valence-corrected chi connectivity index (χ4v) is 5.09. The van der Waals surface area contributed by atoms with Crippen LogP contribution in [0.4, 0.5) is 0 Å². The zero-order chi connectivity index (χ0) is 29.3. The highest BCUT2D eigenvalue weighted by atomic mass is 16.5. The van der Waals surface area contributed by atoms with Crippen LogP contribution in [0.1, 0.15) is 98.0 Å². The molecule has 236 valence electrons. The van der Waals surface area contributed by atoms with Crippen LogP contribution in [0.25, 0.3) is 11.3 Å². The third-order valence-corrected chi connectivity index (χ3v) is 7.56. The van der Waals surface area contributed by atoms with Crippen molar-refractivity contribution in [3.63, 3.8) is 0 Å². The second-order valence-corrected chi connectivity index (χ2v) is 11.1. The van der Waals surface area contributed by atoms with Crippen molar-refractivity contribution < 1.29 is 14.6 Å². The first-order chi connectivity index (χ1) is 21.0. The first kappa shape index (κ1) is 31.5. The molecule has 0 unspecified atom stereocenters. The van der Waals surface area contributed by atoms with Crippen LogP contribution in [0.2, 0.25) is 0 Å². The number of aliphatic hydroxyl groups excluding tert-OH is 1. The van der Waals surface area contributed by atoms with Crippen LogP contribution in [0.5, 0.6) is 0 Å². The molecule has 6 aromatic rings. The molecule has 6 aromatic heterocycles. The highest BCUT2D eigenvalue weighted by molar-refractivity contribution is 5.86. The van der Waals surface area contributed by atoms with E-state index in [-0.39, 0.29) is 27.2 Å². The molecule has 0 aromatic carbocycles. The zero-order valence-electron chi connectivity index (χ0n) is 23.8. The summed E-state index contributed by atoms with van der Waals surface area (Å²) in [5, 5.41) is 24.6. The van der Waals surface area contributed by atoms with Crippen molar-refractivity contribution >= 4 is 17.3 Å². The van der Waals surface area contributed by atoms with E-state index in [4.69, 9.17) is 9.84 Å². The Bertz CT molecular complexity index is 1890. The first-order valence-electron chi connectivity index (χ1n) is 14.6. The average molecular weight is 613 g/mol. The smallest absolute Gasteiger partial charge is 0.360 e. The summed E-state index contributed by atoms with van der Waals surface area (Å²) >= 11 is 0. The highest BCUT2D eigenvalue weighted by Crippen LogP contribution is 2.40. The number of fused-ring (bicyclic) bond motifs is 2. The highest BCUT2D eigenvalue weighted by Gasteiger charge is 2.24. The van der Waals surface area contributed by atoms with E-state index in [0.29, 0.717) is 31.3 Å². The molecule has 2 aliphatic carbocycles. The number of aliphatic hydroxyl groups is 1. The predicted octanol–water partition coefficient (Wildman–Crippen LogP) is 4.64. The van der Waals surface area contributed by atoms with Gasteiger partial charge >= 0.3 is 5.97 Å². The average Bonchev–Trinajstić information content (AvgIpc) is 3.85. The lowest BCUT2D eigenvalue weighted by molar-refractivity contribution is 0.0519. The standard InChI is InChI=1S/C16H17N5O2.C14H15N5O.2CH4/c1-2-23-16(22)14-10-21(19-18-14)9-13-8-20-7-12(11-3-4-11)5-6-15(20)17-13;20-9-13-8-19(17-16-13)7-12-6-18-5-11(10-1-2-10)3-4-14(18)15-12;;/h5-8,10-11H,2-4,9H2,1H3;3-6,8,10,20H,1-2,7,9H2;2*1H4. The monoisotopic (exact) mass is 612 g/mol. The van der Waals surface area contributed by atoms with Crippen LogP contribution >= 0.6 is 0 Å². The molecular weight excluding hydrogens is 572 g/mol. The maximum Gasteiger partial charge on any atom is 0.360 e. The molecule has 0 atom stereocenters. The molecule has 13 nitrogen and oxygen atoms in total. The van der Waals surface area contributed by atoms with Gasteiger partial charge in [0.15, 0.2) is 5.69 Å². The Balaban J connectivity index is 0.000000172. The van der Waals surface area contributed by atoms with Crippen LogP contribution in [0.15, 0.2) is 61.4 Å². The molecule has 0 bridgehead atoms. The van der Waals surface area contributed by atoms with E-state index in [1.165, 1.54) is 36.8 Å². The fourth-order valence-electron chi connectivity index (χ4n) is 5.09. The number of carbonyl (C=O) groups excluding carboxylic acids is 1. The Kier molecular flexibility index (Phi) is 9.37. The van der Waals surface area contributed by atoms with Gasteiger partial charge in [0, 0.05) is 24.8 Å². The van der Waals surface area contributed by atoms with Gasteiger partial charge in [0.1, 0.15) is 17.0 Å². The van der Waals surface area contributed by atoms with Crippen molar-refractivity contribution in [1.82, 2.24) is 48.8 Å². The molecule has 8 rings (SSSR count). The number of carbonyl (C=O) groups is 1. The summed E-state index contributed by atoms with van der Waals surface area (Å²) in [5.74, 6) is 1.00. The number of rotatable bonds is 9. The van der Waals surface area contributed by atoms with Gasteiger partial charge in [-0.3, -0.25) is 0 Å². The molecule has 0 aliphatic heterocycles. The Morgan fingerprint density at radius 2 is 1.29 bits per heavy atom. The lowest BCUT2D eigenvalue weighted by atomic mass is 10.2. The SMILES string of the molecule is C.C.CCOC(=O)c1cn(Cc2cn3cc(C4CC4)ccc3n2)nn1.OCc1cn(Cc2cn3cc(C4CC4)ccc3n2)nn1. The number of imidazole rings is 2. The van der Waals surface area contributed by atoms with E-state index in [2.05, 4.69) is 65.6 Å². The maximum absolute atomic E-state index is 11.6. The summed E-state index contributed by atoms with van der Waals surface area (Å²) in [5.41, 5.74) is 7.22. The van der Waals surface area contributed by atoms with E-state index >= 15 is 0 Å². The third kappa shape index (κ3) is 7.26. The number of pyridine rings is 2. The van der Waals surface area contributed by atoms with Gasteiger partial charge in [0.25, 0.3) is 0 Å². The number of hydrogen-bond donors (Lipinski definition) is 1. The van der Waals surface area contributed by atoms with E-state index in [0.717, 1.165) is 28.6 Å². The van der Waals surface area contributed by atoms with Crippen LogP contribution in [0, 0.1) is 0 Å². The van der Waals surface area contributed by atoms with E-state index < -0.39 is 5.97 Å². The van der Waals surface area contributed by atoms with Crippen LogP contribution in [-0.4, -0.2) is 66.4 Å². The van der Waals surface area contributed by atoms with Gasteiger partial charge in [0.05, 0.1) is 50.1 Å². The number of hydrogen-bond acceptors (Lipinski definition) is 9. The first-order valence-corrected chi connectivity index (χ1v) is 14.6. The van der Waals surface area contributed by atoms with Crippen molar-refractivity contribution in [1.29, 1.82) is 0 Å². The molecule has 0 spiro atoms. The molecule has 0 saturated heterocycles. The Labute approximate surface area is 261 Å². The van der Waals surface area contributed by atoms with E-state index in [1.807, 2.05) is 22.9 Å². The Morgan fingerprint density at radius 1 is 0.756 bits per heavy atom. The minimum atomic E-state index is -0.456. The van der Waals surface area contributed by atoms with Crippen LogP contribution < -0.4 is 0 Å². The van der Waals surface area contributed by atoms with Gasteiger partial charge in [-0.25, -0.2) is 24.1 Å². The topological polar surface area (TPSA) is 143 Å². The largest absolute Gasteiger partial charge is 0.461 e. The number of esters is 1. The zero-order valence-corrected chi connectivity index (χ0v) is 23.8. The van der Waals surface area contributed by atoms with Gasteiger partial charge in [-0.05, 0) is 67.7 Å². The van der Waals surface area contributed by atoms with Crippen molar-refractivity contribution in [3.8, 4) is 0 Å². The number of aromatic nitrogens is 10. The van der Waals surface area contributed by atoms with Crippen molar-refractivity contribution in [2.24, 2.45) is 0 Å². The summed E-state index contributed by atoms with van der Waals surface area (Å²) in [6, 6.07) is 8.43. The van der Waals surface area contributed by atoms with E-state index in [1.54, 1.807) is 28.7 Å². The van der Waals surface area contributed by atoms with Crippen molar-refractivity contribution in [2.75, 3.05) is 6.61 Å². The fraction of sp³-hybridized carbons (Fsp3) is 0.406. The van der Waals surface area contributed by atoms with Crippen molar-refractivity contribution in [2.45, 2.75) is 79.0 Å². The summed E-state index contributed by atoms with van der Waals surface area (Å²) < 4.78 is 12.3. The quantitative estimate of drug-likeness (QED) is 0.231. The number of nitrogens with zero attached hydrogens (tertiary/aromatic N) is 10. The molecule has 0 amide bonds. The molecule has 45 heavy (non-hydrogen) atoms. The predicted molar refractivity (Wildman–Crippen MR) is 168 cm³/mol. The normalized spacial score (nSPS) is 14.0. The number of ether oxygens (including phenoxy) is 1. The summed E-state index contributed by atoms with van der Waals surface area (Å²) in [7, 11) is 0. The maximum atomic E-state index is 11.6. The summed E-state index contributed by atoms with van der Waals surface area (Å²) in [6.45, 7) is 3.02. The molecule has 2 aliphatic rings. The second kappa shape index (κ2) is 13.4. The van der Waals surface area contributed by atoms with Crippen LogP contribution in [-0.2, 0) is 24.4 Å². The molecule has 2 fully saturated rings.